The summed E-state index contributed by atoms with van der Waals surface area (Å²) in [6, 6.07) is 3.81. The molecular formula is C23H26N6O3. The van der Waals surface area contributed by atoms with E-state index >= 15 is 0 Å². The van der Waals surface area contributed by atoms with E-state index in [4.69, 9.17) is 14.7 Å². The Morgan fingerprint density at radius 2 is 1.84 bits per heavy atom. The number of anilines is 1. The number of rotatable bonds is 4. The maximum atomic E-state index is 11.4. The number of piperidine rings is 1. The molecule has 9 nitrogen and oxygen atoms in total. The van der Waals surface area contributed by atoms with Crippen molar-refractivity contribution >= 4 is 22.8 Å². The van der Waals surface area contributed by atoms with E-state index in [1.54, 1.807) is 30.6 Å². The van der Waals surface area contributed by atoms with E-state index in [1.165, 1.54) is 0 Å². The van der Waals surface area contributed by atoms with Crippen LogP contribution in [0.4, 0.5) is 10.6 Å². The van der Waals surface area contributed by atoms with E-state index in [0.717, 1.165) is 60.2 Å². The van der Waals surface area contributed by atoms with Gasteiger partial charge in [0.25, 0.3) is 0 Å². The van der Waals surface area contributed by atoms with Gasteiger partial charge in [-0.25, -0.2) is 14.8 Å². The van der Waals surface area contributed by atoms with E-state index in [-0.39, 0.29) is 5.41 Å². The lowest BCUT2D eigenvalue weighted by molar-refractivity contribution is 0.144. The van der Waals surface area contributed by atoms with Gasteiger partial charge in [-0.1, -0.05) is 0 Å². The number of aromatic nitrogens is 4. The highest BCUT2D eigenvalue weighted by atomic mass is 16.5. The van der Waals surface area contributed by atoms with E-state index in [9.17, 15) is 9.90 Å². The Balaban J connectivity index is 1.52. The van der Waals surface area contributed by atoms with Crippen LogP contribution in [0.25, 0.3) is 22.3 Å². The lowest BCUT2D eigenvalue weighted by Crippen LogP contribution is -2.42. The molecule has 1 spiro atoms. The Morgan fingerprint density at radius 1 is 1.09 bits per heavy atom. The van der Waals surface area contributed by atoms with Crippen molar-refractivity contribution in [3.63, 3.8) is 0 Å². The number of pyridine rings is 2. The van der Waals surface area contributed by atoms with Crippen molar-refractivity contribution in [3.05, 3.63) is 42.5 Å². The average Bonchev–Trinajstić information content (AvgIpc) is 3.24. The molecule has 0 atom stereocenters. The van der Waals surface area contributed by atoms with Crippen LogP contribution >= 0.6 is 0 Å². The van der Waals surface area contributed by atoms with E-state index in [2.05, 4.69) is 14.9 Å². The SMILES string of the molecule is COCc1cncc2nc(-c3ccncc3)nc(N3CCC4(CCN(C(=O)O)C4)CC3)c12. The van der Waals surface area contributed by atoms with Gasteiger partial charge in [0.1, 0.15) is 5.82 Å². The van der Waals surface area contributed by atoms with Gasteiger partial charge in [0.05, 0.1) is 23.7 Å². The molecule has 0 bridgehead atoms. The first-order valence-corrected chi connectivity index (χ1v) is 10.9. The molecule has 166 valence electrons. The average molecular weight is 435 g/mol. The number of nitrogens with zero attached hydrogens (tertiary/aromatic N) is 6. The number of likely N-dealkylation sites (tertiary alicyclic amines) is 1. The van der Waals surface area contributed by atoms with Crippen LogP contribution in [0.3, 0.4) is 0 Å². The molecule has 5 rings (SSSR count). The lowest BCUT2D eigenvalue weighted by Gasteiger charge is -2.40. The fourth-order valence-electron chi connectivity index (χ4n) is 4.95. The van der Waals surface area contributed by atoms with Crippen LogP contribution in [0.1, 0.15) is 24.8 Å². The molecule has 3 aromatic rings. The fraction of sp³-hybridized carbons (Fsp3) is 0.435. The maximum absolute atomic E-state index is 11.4. The van der Waals surface area contributed by atoms with Crippen molar-refractivity contribution in [2.45, 2.75) is 25.9 Å². The highest BCUT2D eigenvalue weighted by Crippen LogP contribution is 2.42. The van der Waals surface area contributed by atoms with Crippen molar-refractivity contribution < 1.29 is 14.6 Å². The van der Waals surface area contributed by atoms with Gasteiger partial charge in [0.15, 0.2) is 5.82 Å². The second kappa shape index (κ2) is 8.31. The first-order chi connectivity index (χ1) is 15.6. The second-order valence-corrected chi connectivity index (χ2v) is 8.67. The molecule has 1 N–H and O–H groups in total. The smallest absolute Gasteiger partial charge is 0.407 e. The van der Waals surface area contributed by atoms with Gasteiger partial charge >= 0.3 is 6.09 Å². The molecule has 32 heavy (non-hydrogen) atoms. The van der Waals surface area contributed by atoms with Crippen LogP contribution in [0.5, 0.6) is 0 Å². The zero-order valence-corrected chi connectivity index (χ0v) is 18.1. The molecule has 0 unspecified atom stereocenters. The number of methoxy groups -OCH3 is 1. The molecule has 1 amide bonds. The highest BCUT2D eigenvalue weighted by Gasteiger charge is 2.42. The summed E-state index contributed by atoms with van der Waals surface area (Å²) in [7, 11) is 1.67. The zero-order chi connectivity index (χ0) is 22.1. The van der Waals surface area contributed by atoms with Gasteiger partial charge in [-0.3, -0.25) is 9.97 Å². The number of carboxylic acid groups (broad SMARTS) is 1. The Morgan fingerprint density at radius 3 is 2.53 bits per heavy atom. The molecule has 2 saturated heterocycles. The van der Waals surface area contributed by atoms with E-state index in [0.29, 0.717) is 25.5 Å². The number of ether oxygens (including phenoxy) is 1. The summed E-state index contributed by atoms with van der Waals surface area (Å²) in [6.45, 7) is 3.33. The predicted molar refractivity (Wildman–Crippen MR) is 119 cm³/mol. The highest BCUT2D eigenvalue weighted by molar-refractivity contribution is 5.93. The first-order valence-electron chi connectivity index (χ1n) is 10.9. The Bertz CT molecular complexity index is 1130. The quantitative estimate of drug-likeness (QED) is 0.668. The minimum absolute atomic E-state index is 0.0720. The van der Waals surface area contributed by atoms with Gasteiger partial charge in [-0.15, -0.1) is 0 Å². The maximum Gasteiger partial charge on any atom is 0.407 e. The summed E-state index contributed by atoms with van der Waals surface area (Å²) < 4.78 is 5.42. The van der Waals surface area contributed by atoms with Crippen LogP contribution in [0, 0.1) is 5.41 Å². The number of hydrogen-bond acceptors (Lipinski definition) is 7. The van der Waals surface area contributed by atoms with Crippen molar-refractivity contribution in [1.29, 1.82) is 0 Å². The van der Waals surface area contributed by atoms with Crippen molar-refractivity contribution in [1.82, 2.24) is 24.8 Å². The van der Waals surface area contributed by atoms with Crippen LogP contribution < -0.4 is 4.90 Å². The monoisotopic (exact) mass is 434 g/mol. The van der Waals surface area contributed by atoms with Crippen LogP contribution in [0.15, 0.2) is 36.9 Å². The Labute approximate surface area is 186 Å². The number of amides is 1. The zero-order valence-electron chi connectivity index (χ0n) is 18.1. The minimum atomic E-state index is -0.815. The molecule has 3 aromatic heterocycles. The number of fused-ring (bicyclic) bond motifs is 1. The second-order valence-electron chi connectivity index (χ2n) is 8.67. The first kappa shape index (κ1) is 20.6. The van der Waals surface area contributed by atoms with E-state index in [1.807, 2.05) is 18.3 Å². The van der Waals surface area contributed by atoms with Gasteiger partial charge < -0.3 is 19.6 Å². The Hall–Kier alpha value is -3.33. The number of hydrogen-bond donors (Lipinski definition) is 1. The molecule has 2 fully saturated rings. The third-order valence-electron chi connectivity index (χ3n) is 6.74. The fourth-order valence-corrected chi connectivity index (χ4v) is 4.95. The summed E-state index contributed by atoms with van der Waals surface area (Å²) in [5, 5.41) is 10.3. The third kappa shape index (κ3) is 3.73. The summed E-state index contributed by atoms with van der Waals surface area (Å²) in [5.41, 5.74) is 2.72. The van der Waals surface area contributed by atoms with Crippen LogP contribution in [-0.2, 0) is 11.3 Å². The Kier molecular flexibility index (Phi) is 5.34. The third-order valence-corrected chi connectivity index (χ3v) is 6.74. The van der Waals surface area contributed by atoms with Gasteiger partial charge in [0.2, 0.25) is 0 Å². The molecular weight excluding hydrogens is 408 g/mol. The van der Waals surface area contributed by atoms with Crippen molar-refractivity contribution in [2.75, 3.05) is 38.2 Å². The molecule has 2 aliphatic heterocycles. The topological polar surface area (TPSA) is 105 Å². The molecule has 5 heterocycles. The van der Waals surface area contributed by atoms with Crippen LogP contribution in [0.2, 0.25) is 0 Å². The molecule has 0 aliphatic carbocycles. The lowest BCUT2D eigenvalue weighted by atomic mass is 9.77. The molecule has 9 heteroatoms. The summed E-state index contributed by atoms with van der Waals surface area (Å²) in [6.07, 6.45) is 9.07. The standard InChI is InChI=1S/C23H26N6O3/c1-32-14-17-12-25-13-18-19(17)21(27-20(26-18)16-2-7-24-8-3-16)28-9-4-23(5-10-28)6-11-29(15-23)22(30)31/h2-3,7-8,12-13H,4-6,9-11,14-15H2,1H3,(H,30,31). The molecule has 2 aliphatic rings. The summed E-state index contributed by atoms with van der Waals surface area (Å²) in [4.78, 5) is 33.5. The van der Waals surface area contributed by atoms with Gasteiger partial charge in [0, 0.05) is 63.0 Å². The van der Waals surface area contributed by atoms with E-state index < -0.39 is 6.09 Å². The van der Waals surface area contributed by atoms with Gasteiger partial charge in [-0.05, 0) is 36.8 Å². The van der Waals surface area contributed by atoms with Crippen molar-refractivity contribution in [3.8, 4) is 11.4 Å². The largest absolute Gasteiger partial charge is 0.465 e. The minimum Gasteiger partial charge on any atom is -0.465 e. The molecule has 0 radical (unpaired) electrons. The predicted octanol–water partition coefficient (Wildman–Crippen LogP) is 3.20. The summed E-state index contributed by atoms with van der Waals surface area (Å²) >= 11 is 0. The van der Waals surface area contributed by atoms with Crippen LogP contribution in [-0.4, -0.2) is 69.3 Å². The summed E-state index contributed by atoms with van der Waals surface area (Å²) in [5.74, 6) is 1.53. The number of carbonyl (C=O) groups is 1. The molecule has 0 aromatic carbocycles. The molecule has 0 saturated carbocycles. The van der Waals surface area contributed by atoms with Crippen molar-refractivity contribution in [2.24, 2.45) is 5.41 Å². The van der Waals surface area contributed by atoms with Gasteiger partial charge in [-0.2, -0.15) is 0 Å². The normalized spacial score (nSPS) is 17.9.